The number of carbonyl (C=O) groups is 2. The summed E-state index contributed by atoms with van der Waals surface area (Å²) in [6.07, 6.45) is 34.0. The van der Waals surface area contributed by atoms with Crippen molar-refractivity contribution < 1.29 is 40.7 Å². The summed E-state index contributed by atoms with van der Waals surface area (Å²) in [6.45, 7) is 77.4. The van der Waals surface area contributed by atoms with E-state index in [2.05, 4.69) is 225 Å². The van der Waals surface area contributed by atoms with Gasteiger partial charge in [-0.25, -0.2) is 4.98 Å². The van der Waals surface area contributed by atoms with Crippen molar-refractivity contribution in [3.05, 3.63) is 89.5 Å². The zero-order valence-corrected chi connectivity index (χ0v) is 90.7. The van der Waals surface area contributed by atoms with Gasteiger partial charge in [0.15, 0.2) is 0 Å². The van der Waals surface area contributed by atoms with E-state index < -0.39 is 23.5 Å². The molecule has 19 rings (SSSR count). The second-order valence-corrected chi connectivity index (χ2v) is 53.2. The van der Waals surface area contributed by atoms with Gasteiger partial charge in [0.25, 0.3) is 0 Å². The summed E-state index contributed by atoms with van der Waals surface area (Å²) in [6, 6.07) is 11.8. The van der Waals surface area contributed by atoms with E-state index in [9.17, 15) is 35.9 Å². The van der Waals surface area contributed by atoms with E-state index in [4.69, 9.17) is 4.74 Å². The summed E-state index contributed by atoms with van der Waals surface area (Å²) in [5.41, 5.74) is 6.64. The smallest absolute Gasteiger partial charge is 0.371 e. The van der Waals surface area contributed by atoms with E-state index in [1.165, 1.54) is 217 Å². The van der Waals surface area contributed by atoms with Gasteiger partial charge in [-0.2, -0.15) is 26.3 Å². The van der Waals surface area contributed by atoms with Gasteiger partial charge in [-0.3, -0.25) is 63.7 Å². The van der Waals surface area contributed by atoms with E-state index in [1.807, 2.05) is 18.5 Å². The monoisotopic (exact) mass is 1940 g/mol. The zero-order valence-electron chi connectivity index (χ0n) is 90.7. The summed E-state index contributed by atoms with van der Waals surface area (Å²) in [5, 5.41) is 0.594. The number of amides is 1. The van der Waals surface area contributed by atoms with Gasteiger partial charge in [-0.05, 0) is 453 Å². The van der Waals surface area contributed by atoms with Crippen LogP contribution in [0.25, 0.3) is 10.9 Å². The van der Waals surface area contributed by atoms with Crippen LogP contribution in [-0.2, 0) is 38.9 Å². The van der Waals surface area contributed by atoms with Crippen molar-refractivity contribution >= 4 is 34.1 Å². The summed E-state index contributed by atoms with van der Waals surface area (Å²) in [7, 11) is 0. The van der Waals surface area contributed by atoms with Gasteiger partial charge in [0.05, 0.1) is 35.4 Å². The van der Waals surface area contributed by atoms with Crippen LogP contribution in [0.3, 0.4) is 0 Å². The van der Waals surface area contributed by atoms with Crippen molar-refractivity contribution in [1.29, 1.82) is 0 Å². The predicted octanol–water partition coefficient (Wildman–Crippen LogP) is 23.5. The molecule has 3 aliphatic carbocycles. The molecule has 4 aromatic rings. The van der Waals surface area contributed by atoms with E-state index in [1.54, 1.807) is 6.07 Å². The molecule has 12 aliphatic heterocycles. The van der Waals surface area contributed by atoms with Crippen LogP contribution in [-0.4, -0.2) is 284 Å². The molecule has 1 amide bonds. The molecule has 14 fully saturated rings. The quantitative estimate of drug-likeness (QED) is 0.163. The number of ether oxygens (including phenoxy) is 1. The Labute approximate surface area is 836 Å². The van der Waals surface area contributed by atoms with Gasteiger partial charge in [-0.1, -0.05) is 12.1 Å². The van der Waals surface area contributed by atoms with Crippen LogP contribution < -0.4 is 9.80 Å². The minimum absolute atomic E-state index is 0.0487. The highest BCUT2D eigenvalue weighted by Gasteiger charge is 2.52. The van der Waals surface area contributed by atoms with Gasteiger partial charge < -0.3 is 19.4 Å². The average Bonchev–Trinajstić information content (AvgIpc) is 1.67. The molecule has 0 N–H and O–H groups in total. The molecule has 0 atom stereocenters. The molecule has 15 aliphatic rings. The molecule has 0 radical (unpaired) electrons. The first-order valence-electron chi connectivity index (χ1n) is 55.2. The molecule has 3 aromatic heterocycles. The van der Waals surface area contributed by atoms with Crippen LogP contribution in [0.15, 0.2) is 67.3 Å². The predicted molar refractivity (Wildman–Crippen MR) is 557 cm³/mol. The Morgan fingerprint density at radius 2 is 0.777 bits per heavy atom. The van der Waals surface area contributed by atoms with Crippen LogP contribution in [0.4, 0.5) is 37.8 Å². The normalized spacial score (nSPS) is 25.4. The first-order valence-corrected chi connectivity index (χ1v) is 55.2. The molecule has 3 saturated carbocycles. The molecule has 0 unspecified atom stereocenters. The number of pyridine rings is 3. The number of hydrogen-bond donors (Lipinski definition) is 0. The number of hydrogen-bond acceptors (Lipinski definition) is 17. The summed E-state index contributed by atoms with van der Waals surface area (Å²) in [5.74, 6) is 2.35. The van der Waals surface area contributed by atoms with Gasteiger partial charge in [0, 0.05) is 196 Å². The lowest BCUT2D eigenvalue weighted by atomic mass is 9.65. The van der Waals surface area contributed by atoms with E-state index in [0.717, 1.165) is 199 Å². The van der Waals surface area contributed by atoms with Gasteiger partial charge in [0.2, 0.25) is 5.91 Å². The fraction of sp³-hybridized carbons (Fsp3) is 0.817. The van der Waals surface area contributed by atoms with Crippen molar-refractivity contribution in [1.82, 2.24) is 64.0 Å². The fourth-order valence-corrected chi connectivity index (χ4v) is 26.9. The molecule has 782 valence electrons. The van der Waals surface area contributed by atoms with Crippen LogP contribution >= 0.6 is 0 Å². The molecule has 6 spiro atoms. The summed E-state index contributed by atoms with van der Waals surface area (Å²) >= 11 is 0. The average molecular weight is 1940 g/mol. The number of carbonyl (C=O) groups excluding carboxylic acids is 2. The van der Waals surface area contributed by atoms with Crippen LogP contribution in [0.2, 0.25) is 0 Å². The maximum Gasteiger partial charge on any atom is 0.418 e. The summed E-state index contributed by atoms with van der Waals surface area (Å²) in [4.78, 5) is 67.5. The Bertz CT molecular complexity index is 4550. The third kappa shape index (κ3) is 27.6. The van der Waals surface area contributed by atoms with Crippen molar-refractivity contribution in [2.24, 2.45) is 38.9 Å². The van der Waals surface area contributed by atoms with E-state index >= 15 is 0 Å². The third-order valence-electron chi connectivity index (χ3n) is 37.3. The number of fused-ring (bicyclic) bond motifs is 3. The Kier molecular flexibility index (Phi) is 34.5. The molecule has 24 heteroatoms. The van der Waals surface area contributed by atoms with Gasteiger partial charge in [-0.15, -0.1) is 0 Å². The molecule has 11 saturated heterocycles. The number of nitrogens with zero attached hydrogens (tertiary/aromatic N) is 15. The maximum atomic E-state index is 13.4. The molecule has 139 heavy (non-hydrogen) atoms. The Balaban J connectivity index is 0.000000134. The molecule has 18 nitrogen and oxygen atoms in total. The van der Waals surface area contributed by atoms with Gasteiger partial charge >= 0.3 is 12.4 Å². The molecule has 0 bridgehead atoms. The number of alkyl halides is 6. The number of ketones is 1. The minimum atomic E-state index is -4.39. The second-order valence-electron chi connectivity index (χ2n) is 53.2. The number of halogens is 6. The van der Waals surface area contributed by atoms with Gasteiger partial charge in [0.1, 0.15) is 11.6 Å². The SMILES string of the molecule is CC(C)(C)N1CCC2(CC1)OCc1ccncc12.CC(C)(C)N1CCC2(CCC(C(=O)CN3CCCC3)CC2)C1.CC(C)(C)N1CCC2(CCC(C(=O)N3CCCC3)CC2)CC1.CC(C)(C)N1CCC2(CCN(c3ccc(C(F)(F)F)cn3)CC2)C1.CC(C)(C)N1CCC2(CCN(c3ccnc4c(C(F)(F)F)cccc34)CC2)C1.CC(C)(C)N1CCN(C2CCC3(CC2)CCN(C(C)(C)C)CC3)CC1. The number of benzene rings is 1. The highest BCUT2D eigenvalue weighted by molar-refractivity contribution is 5.94. The topological polar surface area (TPSA) is 121 Å². The number of aromatic nitrogens is 3. The Hall–Kier alpha value is -5.15. The standard InChI is InChI=1S/C22H28F3N3.C22H43N3.2C19H34N2O.C18H26F3N3.C15H22N2O/c1-20(2,3)28-14-10-21(15-28)8-12-27(13-9-21)18-7-11-26-19-16(18)5-4-6-17(19)22(23,24)25;1-20(2,3)24-13-11-22(12-14-24)9-7-19(8-10-22)23-15-17-25(18-16-23)21(4,5)6;1-18(2,3)21-14-10-19(11-15-21)8-6-16(7-9-19)17(22)20-12-4-5-13-20;1-18(2,3)21-13-10-19(15-21)8-6-16(7-9-19)17(22)14-20-11-4-5-12-20;1-16(2,3)24-11-8-17(13-24)6-9-23(10-7-17)15-5-4-14(12-22-15)18(19,20)21;1-14(2,3)17-8-5-15(6-9-17)13-10-16-7-4-12(13)11-18-15/h4-7,11H,8-10,12-15H2,1-3H3;19H,7-18H2,1-6H3;2*16H,4-15H2,1-3H3;4-5,12H,6-11,13H2,1-3H3;4,7,10H,5-6,8-9,11H2,1-3H3. The van der Waals surface area contributed by atoms with Crippen LogP contribution in [0, 0.1) is 38.9 Å². The third-order valence-corrected chi connectivity index (χ3v) is 37.3. The lowest BCUT2D eigenvalue weighted by molar-refractivity contribution is -0.138. The number of likely N-dealkylation sites (tertiary alicyclic amines) is 8. The first-order chi connectivity index (χ1) is 65.1. The molecule has 1 aromatic carbocycles. The number of rotatable bonds is 7. The molecule has 15 heterocycles. The number of para-hydroxylation sites is 1. The highest BCUT2D eigenvalue weighted by atomic mass is 19.4. The lowest BCUT2D eigenvalue weighted by Gasteiger charge is -2.51. The Morgan fingerprint density at radius 1 is 0.374 bits per heavy atom. The van der Waals surface area contributed by atoms with Crippen molar-refractivity contribution in [3.63, 3.8) is 0 Å². The Morgan fingerprint density at radius 3 is 1.22 bits per heavy atom. The number of piperidine rings is 5. The fourth-order valence-electron chi connectivity index (χ4n) is 26.9. The zero-order chi connectivity index (χ0) is 100. The van der Waals surface area contributed by atoms with Crippen LogP contribution in [0.1, 0.15) is 354 Å². The number of Topliss-reactive ketones (excluding diaryl/α,β-unsaturated/α-hetero) is 1. The molecular weight excluding hydrogens is 1750 g/mol. The van der Waals surface area contributed by atoms with Crippen molar-refractivity contribution in [2.45, 2.75) is 401 Å². The minimum Gasteiger partial charge on any atom is -0.371 e. The van der Waals surface area contributed by atoms with E-state index in [-0.39, 0.29) is 27.7 Å². The lowest BCUT2D eigenvalue weighted by Crippen LogP contribution is -2.56. The number of anilines is 2. The molecular formula is C115H187F6N15O3. The largest absolute Gasteiger partial charge is 0.418 e. The van der Waals surface area contributed by atoms with Crippen molar-refractivity contribution in [3.8, 4) is 0 Å². The second kappa shape index (κ2) is 43.7. The van der Waals surface area contributed by atoms with E-state index in [0.29, 0.717) is 84.0 Å². The highest BCUT2D eigenvalue weighted by Crippen LogP contribution is 2.54. The summed E-state index contributed by atoms with van der Waals surface area (Å²) < 4.78 is 84.2. The van der Waals surface area contributed by atoms with Crippen LogP contribution in [0.5, 0.6) is 0 Å². The first kappa shape index (κ1) is 110. The van der Waals surface area contributed by atoms with Crippen molar-refractivity contribution in [2.75, 3.05) is 173 Å². The maximum absolute atomic E-state index is 13.4. The number of piperazine rings is 1.